The molecule has 0 radical (unpaired) electrons. The minimum absolute atomic E-state index is 0.0995. The van der Waals surface area contributed by atoms with Crippen molar-refractivity contribution in [2.75, 3.05) is 5.32 Å². The predicted molar refractivity (Wildman–Crippen MR) is 103 cm³/mol. The van der Waals surface area contributed by atoms with E-state index in [1.807, 2.05) is 39.0 Å². The van der Waals surface area contributed by atoms with E-state index in [2.05, 4.69) is 22.2 Å². The number of H-pyrrole nitrogens is 1. The number of aryl methyl sites for hydroxylation is 3. The summed E-state index contributed by atoms with van der Waals surface area (Å²) in [5.41, 5.74) is 3.61. The van der Waals surface area contributed by atoms with Gasteiger partial charge in [-0.25, -0.2) is 4.98 Å². The van der Waals surface area contributed by atoms with Gasteiger partial charge in [0.25, 0.3) is 5.56 Å². The number of carbonyl (C=O) groups is 1. The number of para-hydroxylation sites is 1. The lowest BCUT2D eigenvalue weighted by Gasteiger charge is -2.16. The van der Waals surface area contributed by atoms with Gasteiger partial charge in [0.1, 0.15) is 0 Å². The fraction of sp³-hybridized carbons (Fsp3) is 0.421. The Labute approximate surface area is 152 Å². The van der Waals surface area contributed by atoms with E-state index in [-0.39, 0.29) is 16.7 Å². The first kappa shape index (κ1) is 19.2. The number of thioether (sulfide) groups is 1. The van der Waals surface area contributed by atoms with Crippen molar-refractivity contribution in [2.45, 2.75) is 57.4 Å². The van der Waals surface area contributed by atoms with E-state index in [1.54, 1.807) is 0 Å². The summed E-state index contributed by atoms with van der Waals surface area (Å²) in [6.07, 6.45) is 2.53. The largest absolute Gasteiger partial charge is 0.325 e. The van der Waals surface area contributed by atoms with E-state index in [0.29, 0.717) is 5.16 Å². The van der Waals surface area contributed by atoms with E-state index in [0.717, 1.165) is 41.8 Å². The summed E-state index contributed by atoms with van der Waals surface area (Å²) in [4.78, 5) is 31.5. The lowest BCUT2D eigenvalue weighted by molar-refractivity contribution is -0.115. The Hall–Kier alpha value is -2.08. The molecule has 6 heteroatoms. The Balaban J connectivity index is 2.12. The molecule has 1 heterocycles. The highest BCUT2D eigenvalue weighted by Gasteiger charge is 2.18. The highest BCUT2D eigenvalue weighted by Crippen LogP contribution is 2.24. The van der Waals surface area contributed by atoms with Gasteiger partial charge in [0, 0.05) is 17.4 Å². The Morgan fingerprint density at radius 1 is 1.36 bits per heavy atom. The average Bonchev–Trinajstić information content (AvgIpc) is 2.56. The van der Waals surface area contributed by atoms with Crippen molar-refractivity contribution in [2.24, 2.45) is 0 Å². The van der Waals surface area contributed by atoms with E-state index >= 15 is 0 Å². The van der Waals surface area contributed by atoms with Gasteiger partial charge in [0.05, 0.1) is 5.25 Å². The van der Waals surface area contributed by atoms with Crippen molar-refractivity contribution in [3.8, 4) is 0 Å². The monoisotopic (exact) mass is 359 g/mol. The second-order valence-corrected chi connectivity index (χ2v) is 7.33. The summed E-state index contributed by atoms with van der Waals surface area (Å²) in [5.74, 6) is -0.0995. The number of rotatable bonds is 7. The molecule has 0 saturated carbocycles. The zero-order chi connectivity index (χ0) is 18.4. The van der Waals surface area contributed by atoms with Crippen molar-refractivity contribution >= 4 is 23.4 Å². The van der Waals surface area contributed by atoms with Gasteiger partial charge in [0.2, 0.25) is 5.91 Å². The number of anilines is 1. The van der Waals surface area contributed by atoms with Gasteiger partial charge in [-0.3, -0.25) is 9.59 Å². The van der Waals surface area contributed by atoms with Crippen LogP contribution in [0.25, 0.3) is 0 Å². The zero-order valence-electron chi connectivity index (χ0n) is 15.2. The van der Waals surface area contributed by atoms with Gasteiger partial charge in [-0.1, -0.05) is 50.2 Å². The smallest absolute Gasteiger partial charge is 0.251 e. The second-order valence-electron chi connectivity index (χ2n) is 6.00. The highest BCUT2D eigenvalue weighted by molar-refractivity contribution is 8.00. The minimum Gasteiger partial charge on any atom is -0.325 e. The molecule has 1 aromatic heterocycles. The molecular weight excluding hydrogens is 334 g/mol. The zero-order valence-corrected chi connectivity index (χ0v) is 16.0. The Morgan fingerprint density at radius 2 is 2.12 bits per heavy atom. The third-order valence-corrected chi connectivity index (χ3v) is 4.91. The third-order valence-electron chi connectivity index (χ3n) is 3.92. The topological polar surface area (TPSA) is 74.8 Å². The number of amides is 1. The molecule has 2 N–H and O–H groups in total. The van der Waals surface area contributed by atoms with Gasteiger partial charge in [-0.05, 0) is 37.8 Å². The van der Waals surface area contributed by atoms with E-state index < -0.39 is 0 Å². The molecule has 25 heavy (non-hydrogen) atoms. The third kappa shape index (κ3) is 5.19. The highest BCUT2D eigenvalue weighted by atomic mass is 32.2. The summed E-state index contributed by atoms with van der Waals surface area (Å²) in [6, 6.07) is 7.52. The molecular formula is C19H25N3O2S. The molecule has 0 bridgehead atoms. The van der Waals surface area contributed by atoms with Gasteiger partial charge in [-0.15, -0.1) is 0 Å². The van der Waals surface area contributed by atoms with Gasteiger partial charge in [0.15, 0.2) is 5.16 Å². The maximum Gasteiger partial charge on any atom is 0.251 e. The summed E-state index contributed by atoms with van der Waals surface area (Å²) < 4.78 is 0. The van der Waals surface area contributed by atoms with E-state index in [9.17, 15) is 9.59 Å². The Kier molecular flexibility index (Phi) is 6.82. The van der Waals surface area contributed by atoms with Gasteiger partial charge < -0.3 is 10.3 Å². The van der Waals surface area contributed by atoms with Crippen molar-refractivity contribution in [1.82, 2.24) is 9.97 Å². The first-order valence-electron chi connectivity index (χ1n) is 8.60. The predicted octanol–water partition coefficient (Wildman–Crippen LogP) is 3.71. The standard InChI is InChI=1S/C19H25N3O2S/c1-5-8-15-11-16(23)21-19(20-15)25-13(4)18(24)22-17-12(3)9-7-10-14(17)6-2/h7,9-11,13H,5-6,8H2,1-4H3,(H,22,24)(H,20,21,23). The molecule has 0 aliphatic heterocycles. The van der Waals surface area contributed by atoms with Crippen LogP contribution in [0.1, 0.15) is 44.0 Å². The molecule has 1 atom stereocenters. The van der Waals surface area contributed by atoms with Crippen LogP contribution in [0.3, 0.4) is 0 Å². The normalized spacial score (nSPS) is 12.0. The number of benzene rings is 1. The molecule has 2 aromatic rings. The van der Waals surface area contributed by atoms with Crippen LogP contribution in [-0.2, 0) is 17.6 Å². The quantitative estimate of drug-likeness (QED) is 0.584. The fourth-order valence-corrected chi connectivity index (χ4v) is 3.40. The number of aromatic nitrogens is 2. The van der Waals surface area contributed by atoms with Crippen LogP contribution in [0.4, 0.5) is 5.69 Å². The van der Waals surface area contributed by atoms with Crippen LogP contribution < -0.4 is 10.9 Å². The number of aromatic amines is 1. The van der Waals surface area contributed by atoms with Crippen LogP contribution in [0, 0.1) is 6.92 Å². The number of carbonyl (C=O) groups excluding carboxylic acids is 1. The molecule has 1 amide bonds. The molecule has 134 valence electrons. The molecule has 0 fully saturated rings. The SMILES string of the molecule is CCCc1cc(=O)[nH]c(SC(C)C(=O)Nc2c(C)cccc2CC)n1. The van der Waals surface area contributed by atoms with Crippen LogP contribution in [0.15, 0.2) is 34.2 Å². The first-order valence-corrected chi connectivity index (χ1v) is 9.48. The van der Waals surface area contributed by atoms with E-state index in [4.69, 9.17) is 0 Å². The molecule has 0 aliphatic rings. The molecule has 0 spiro atoms. The number of hydrogen-bond donors (Lipinski definition) is 2. The van der Waals surface area contributed by atoms with Crippen LogP contribution in [0.2, 0.25) is 0 Å². The lowest BCUT2D eigenvalue weighted by Crippen LogP contribution is -2.24. The molecule has 0 aliphatic carbocycles. The summed E-state index contributed by atoms with van der Waals surface area (Å²) in [5, 5.41) is 3.14. The van der Waals surface area contributed by atoms with Crippen LogP contribution >= 0.6 is 11.8 Å². The maximum atomic E-state index is 12.6. The fourth-order valence-electron chi connectivity index (χ4n) is 2.57. The second kappa shape index (κ2) is 8.85. The first-order chi connectivity index (χ1) is 11.9. The molecule has 1 unspecified atom stereocenters. The Morgan fingerprint density at radius 3 is 2.80 bits per heavy atom. The van der Waals surface area contributed by atoms with E-state index in [1.165, 1.54) is 17.8 Å². The van der Waals surface area contributed by atoms with Crippen LogP contribution in [-0.4, -0.2) is 21.1 Å². The molecule has 5 nitrogen and oxygen atoms in total. The average molecular weight is 359 g/mol. The lowest BCUT2D eigenvalue weighted by atomic mass is 10.1. The van der Waals surface area contributed by atoms with Gasteiger partial charge in [-0.2, -0.15) is 0 Å². The maximum absolute atomic E-state index is 12.6. The van der Waals surface area contributed by atoms with Crippen molar-refractivity contribution in [3.05, 3.63) is 51.4 Å². The minimum atomic E-state index is -0.371. The molecule has 0 saturated heterocycles. The summed E-state index contributed by atoms with van der Waals surface area (Å²) >= 11 is 1.27. The molecule has 2 rings (SSSR count). The van der Waals surface area contributed by atoms with Gasteiger partial charge >= 0.3 is 0 Å². The molecule has 1 aromatic carbocycles. The number of nitrogens with zero attached hydrogens (tertiary/aromatic N) is 1. The van der Waals surface area contributed by atoms with Crippen LogP contribution in [0.5, 0.6) is 0 Å². The summed E-state index contributed by atoms with van der Waals surface area (Å²) in [6.45, 7) is 7.91. The number of hydrogen-bond acceptors (Lipinski definition) is 4. The van der Waals surface area contributed by atoms with Crippen molar-refractivity contribution < 1.29 is 4.79 Å². The van der Waals surface area contributed by atoms with Crippen molar-refractivity contribution in [1.29, 1.82) is 0 Å². The van der Waals surface area contributed by atoms with Crippen molar-refractivity contribution in [3.63, 3.8) is 0 Å². The Bertz CT molecular complexity index is 801. The number of nitrogens with one attached hydrogen (secondary N) is 2. The summed E-state index contributed by atoms with van der Waals surface area (Å²) in [7, 11) is 0.